The molecule has 2 heterocycles. The third-order valence-corrected chi connectivity index (χ3v) is 3.21. The molecule has 0 radical (unpaired) electrons. The molecular weight excluding hydrogens is 190 g/mol. The predicted octanol–water partition coefficient (Wildman–Crippen LogP) is 1.19. The quantitative estimate of drug-likeness (QED) is 0.749. The summed E-state index contributed by atoms with van der Waals surface area (Å²) in [5, 5.41) is 0. The monoisotopic (exact) mass is 205 g/mol. The molecule has 0 bridgehead atoms. The Balaban J connectivity index is 2.14. The molecule has 3 rings (SSSR count). The number of rotatable bonds is 1. The highest BCUT2D eigenvalue weighted by Gasteiger charge is 2.27. The van der Waals surface area contributed by atoms with Crippen LogP contribution in [-0.4, -0.2) is 19.8 Å². The number of benzene rings is 1. The summed E-state index contributed by atoms with van der Waals surface area (Å²) in [6.07, 6.45) is 2.02. The van der Waals surface area contributed by atoms with Gasteiger partial charge < -0.3 is 15.2 Å². The van der Waals surface area contributed by atoms with Crippen LogP contribution in [0, 0.1) is 0 Å². The molecule has 3 nitrogen and oxygen atoms in total. The molecule has 1 unspecified atom stereocenters. The topological polar surface area (TPSA) is 44.5 Å². The van der Waals surface area contributed by atoms with Crippen LogP contribution in [0.1, 0.15) is 22.8 Å². The van der Waals surface area contributed by atoms with Crippen molar-refractivity contribution in [3.05, 3.63) is 28.8 Å². The molecule has 3 heteroatoms. The smallest absolute Gasteiger partial charge is 0.128 e. The highest BCUT2D eigenvalue weighted by atomic mass is 16.5. The first-order valence-electron chi connectivity index (χ1n) is 5.49. The fourth-order valence-electron chi connectivity index (χ4n) is 2.47. The summed E-state index contributed by atoms with van der Waals surface area (Å²) >= 11 is 0. The minimum Gasteiger partial charge on any atom is -0.493 e. The molecule has 80 valence electrons. The highest BCUT2D eigenvalue weighted by Crippen LogP contribution is 2.39. The van der Waals surface area contributed by atoms with E-state index in [4.69, 9.17) is 15.2 Å². The average Bonchev–Trinajstić information content (AvgIpc) is 2.76. The van der Waals surface area contributed by atoms with E-state index in [9.17, 15) is 0 Å². The molecule has 0 amide bonds. The maximum Gasteiger partial charge on any atom is 0.128 e. The van der Waals surface area contributed by atoms with Gasteiger partial charge in [-0.25, -0.2) is 0 Å². The van der Waals surface area contributed by atoms with Crippen molar-refractivity contribution in [2.75, 3.05) is 19.8 Å². The number of hydrogen-bond donors (Lipinski definition) is 1. The Kier molecular flexibility index (Phi) is 2.15. The Labute approximate surface area is 89.2 Å². The maximum atomic E-state index is 5.73. The van der Waals surface area contributed by atoms with Gasteiger partial charge in [-0.3, -0.25) is 0 Å². The molecule has 0 saturated carbocycles. The molecule has 2 aliphatic heterocycles. The van der Waals surface area contributed by atoms with Crippen molar-refractivity contribution in [2.45, 2.75) is 18.9 Å². The number of ether oxygens (including phenoxy) is 2. The SMILES string of the molecule is NCC1OCCc2ccc3c(c21)OCC3. The van der Waals surface area contributed by atoms with Crippen molar-refractivity contribution in [3.8, 4) is 5.75 Å². The molecule has 0 saturated heterocycles. The summed E-state index contributed by atoms with van der Waals surface area (Å²) in [5.74, 6) is 1.04. The lowest BCUT2D eigenvalue weighted by Gasteiger charge is -2.26. The van der Waals surface area contributed by atoms with Gasteiger partial charge in [0.15, 0.2) is 0 Å². The molecule has 1 aromatic carbocycles. The van der Waals surface area contributed by atoms with Crippen LogP contribution in [0.2, 0.25) is 0 Å². The van der Waals surface area contributed by atoms with Crippen LogP contribution in [0.3, 0.4) is 0 Å². The van der Waals surface area contributed by atoms with Gasteiger partial charge in [-0.15, -0.1) is 0 Å². The molecule has 15 heavy (non-hydrogen) atoms. The van der Waals surface area contributed by atoms with Gasteiger partial charge in [0.25, 0.3) is 0 Å². The van der Waals surface area contributed by atoms with Crippen LogP contribution in [0.25, 0.3) is 0 Å². The molecule has 0 fully saturated rings. The van der Waals surface area contributed by atoms with Gasteiger partial charge >= 0.3 is 0 Å². The van der Waals surface area contributed by atoms with Crippen molar-refractivity contribution in [1.82, 2.24) is 0 Å². The molecule has 0 aliphatic carbocycles. The fraction of sp³-hybridized carbons (Fsp3) is 0.500. The van der Waals surface area contributed by atoms with Crippen molar-refractivity contribution in [2.24, 2.45) is 5.73 Å². The van der Waals surface area contributed by atoms with Gasteiger partial charge in [0.1, 0.15) is 5.75 Å². The minimum atomic E-state index is 0.0294. The van der Waals surface area contributed by atoms with Crippen LogP contribution in [0.15, 0.2) is 12.1 Å². The van der Waals surface area contributed by atoms with Crippen LogP contribution < -0.4 is 10.5 Å². The summed E-state index contributed by atoms with van der Waals surface area (Å²) in [7, 11) is 0. The molecule has 2 aliphatic rings. The number of nitrogens with two attached hydrogens (primary N) is 1. The van der Waals surface area contributed by atoms with Crippen molar-refractivity contribution in [1.29, 1.82) is 0 Å². The summed E-state index contributed by atoms with van der Waals surface area (Å²) in [4.78, 5) is 0. The molecule has 1 aromatic rings. The van der Waals surface area contributed by atoms with Crippen molar-refractivity contribution >= 4 is 0 Å². The first-order chi connectivity index (χ1) is 7.40. The number of fused-ring (bicyclic) bond motifs is 3. The van der Waals surface area contributed by atoms with E-state index in [1.54, 1.807) is 0 Å². The lowest BCUT2D eigenvalue weighted by Crippen LogP contribution is -2.23. The van der Waals surface area contributed by atoms with Gasteiger partial charge in [-0.1, -0.05) is 12.1 Å². The third kappa shape index (κ3) is 1.34. The summed E-state index contributed by atoms with van der Waals surface area (Å²) in [5.41, 5.74) is 9.59. The van der Waals surface area contributed by atoms with E-state index in [2.05, 4.69) is 12.1 Å². The second-order valence-corrected chi connectivity index (χ2v) is 4.07. The van der Waals surface area contributed by atoms with Crippen LogP contribution in [0.4, 0.5) is 0 Å². The fourth-order valence-corrected chi connectivity index (χ4v) is 2.47. The zero-order valence-corrected chi connectivity index (χ0v) is 8.66. The molecule has 2 N–H and O–H groups in total. The molecule has 1 atom stereocenters. The second-order valence-electron chi connectivity index (χ2n) is 4.07. The highest BCUT2D eigenvalue weighted by molar-refractivity contribution is 5.50. The van der Waals surface area contributed by atoms with Gasteiger partial charge in [0, 0.05) is 18.5 Å². The van der Waals surface area contributed by atoms with E-state index in [0.29, 0.717) is 6.54 Å². The summed E-state index contributed by atoms with van der Waals surface area (Å²) in [6.45, 7) is 2.10. The van der Waals surface area contributed by atoms with Gasteiger partial charge in [-0.05, 0) is 17.5 Å². The first-order valence-corrected chi connectivity index (χ1v) is 5.49. The largest absolute Gasteiger partial charge is 0.493 e. The van der Waals surface area contributed by atoms with Gasteiger partial charge in [0.05, 0.1) is 19.3 Å². The maximum absolute atomic E-state index is 5.73. The average molecular weight is 205 g/mol. The Bertz CT molecular complexity index is 389. The zero-order valence-electron chi connectivity index (χ0n) is 8.66. The molecular formula is C12H15NO2. The third-order valence-electron chi connectivity index (χ3n) is 3.21. The molecule has 0 aromatic heterocycles. The van der Waals surface area contributed by atoms with Gasteiger partial charge in [-0.2, -0.15) is 0 Å². The normalized spacial score (nSPS) is 23.1. The predicted molar refractivity (Wildman–Crippen MR) is 57.1 cm³/mol. The second kappa shape index (κ2) is 3.51. The number of hydrogen-bond acceptors (Lipinski definition) is 3. The van der Waals surface area contributed by atoms with E-state index in [0.717, 1.165) is 31.8 Å². The standard InChI is InChI=1S/C12H15NO2/c13-7-10-11-8(3-5-14-10)1-2-9-4-6-15-12(9)11/h1-2,10H,3-7,13H2. The van der Waals surface area contributed by atoms with E-state index < -0.39 is 0 Å². The first kappa shape index (κ1) is 9.19. The van der Waals surface area contributed by atoms with Crippen LogP contribution in [-0.2, 0) is 17.6 Å². The Hall–Kier alpha value is -1.06. The van der Waals surface area contributed by atoms with Crippen molar-refractivity contribution < 1.29 is 9.47 Å². The molecule has 0 spiro atoms. The van der Waals surface area contributed by atoms with Crippen LogP contribution >= 0.6 is 0 Å². The van der Waals surface area contributed by atoms with Gasteiger partial charge in [0.2, 0.25) is 0 Å². The Morgan fingerprint density at radius 1 is 1.20 bits per heavy atom. The zero-order chi connectivity index (χ0) is 10.3. The van der Waals surface area contributed by atoms with E-state index >= 15 is 0 Å². The lowest BCUT2D eigenvalue weighted by atomic mass is 9.94. The summed E-state index contributed by atoms with van der Waals surface area (Å²) in [6, 6.07) is 4.38. The van der Waals surface area contributed by atoms with E-state index in [1.165, 1.54) is 16.7 Å². The summed E-state index contributed by atoms with van der Waals surface area (Å²) < 4.78 is 11.4. The van der Waals surface area contributed by atoms with Crippen LogP contribution in [0.5, 0.6) is 5.75 Å². The lowest BCUT2D eigenvalue weighted by molar-refractivity contribution is 0.0465. The van der Waals surface area contributed by atoms with Crippen molar-refractivity contribution in [3.63, 3.8) is 0 Å². The van der Waals surface area contributed by atoms with E-state index in [-0.39, 0.29) is 6.10 Å². The minimum absolute atomic E-state index is 0.0294. The Morgan fingerprint density at radius 2 is 2.00 bits per heavy atom. The Morgan fingerprint density at radius 3 is 2.87 bits per heavy atom. The van der Waals surface area contributed by atoms with E-state index in [1.807, 2.05) is 0 Å².